The summed E-state index contributed by atoms with van der Waals surface area (Å²) in [5.74, 6) is 0. The lowest BCUT2D eigenvalue weighted by Gasteiger charge is -1.90. The van der Waals surface area contributed by atoms with Crippen molar-refractivity contribution in [2.45, 2.75) is 6.43 Å². The number of alkyl halides is 2. The van der Waals surface area contributed by atoms with E-state index in [0.29, 0.717) is 0 Å². The van der Waals surface area contributed by atoms with Gasteiger partial charge >= 0.3 is 0 Å². The number of nitrogens with zero attached hydrogens (tertiary/aromatic N) is 1. The molecule has 1 heterocycles. The van der Waals surface area contributed by atoms with Gasteiger partial charge in [0, 0.05) is 0 Å². The minimum absolute atomic E-state index is 0.162. The van der Waals surface area contributed by atoms with Gasteiger partial charge in [0.15, 0.2) is 5.15 Å². The van der Waals surface area contributed by atoms with Crippen LogP contribution < -0.4 is 0 Å². The molecule has 0 unspecified atom stereocenters. The first-order valence-electron chi connectivity index (χ1n) is 2.18. The molecule has 1 N–H and O–H groups in total. The predicted octanol–water partition coefficient (Wildman–Crippen LogP) is 2.00. The van der Waals surface area contributed by atoms with Crippen LogP contribution in [0.15, 0.2) is 6.33 Å². The molecule has 0 aliphatic heterocycles. The third kappa shape index (κ3) is 1.18. The largest absolute Gasteiger partial charge is 0.343 e. The zero-order valence-electron chi connectivity index (χ0n) is 4.24. The zero-order valence-corrected chi connectivity index (χ0v) is 4.99. The van der Waals surface area contributed by atoms with Gasteiger partial charge in [-0.05, 0) is 0 Å². The molecule has 0 aromatic carbocycles. The normalized spacial score (nSPS) is 10.7. The van der Waals surface area contributed by atoms with Gasteiger partial charge in [-0.15, -0.1) is 0 Å². The van der Waals surface area contributed by atoms with Gasteiger partial charge in [-0.1, -0.05) is 11.6 Å². The maximum atomic E-state index is 11.7. The summed E-state index contributed by atoms with van der Waals surface area (Å²) < 4.78 is 23.4. The molecule has 5 heteroatoms. The Labute approximate surface area is 54.9 Å². The van der Waals surface area contributed by atoms with Crippen molar-refractivity contribution in [2.24, 2.45) is 0 Å². The molecule has 0 aliphatic rings. The zero-order chi connectivity index (χ0) is 6.85. The summed E-state index contributed by atoms with van der Waals surface area (Å²) in [6, 6.07) is 0. The lowest BCUT2D eigenvalue weighted by atomic mass is 10.5. The molecule has 0 amide bonds. The molecular weight excluding hydrogens is 150 g/mol. The molecule has 9 heavy (non-hydrogen) atoms. The minimum Gasteiger partial charge on any atom is -0.343 e. The summed E-state index contributed by atoms with van der Waals surface area (Å²) >= 11 is 5.21. The van der Waals surface area contributed by atoms with Gasteiger partial charge in [0.1, 0.15) is 5.69 Å². The molecule has 0 spiro atoms. The Hall–Kier alpha value is -0.640. The predicted molar refractivity (Wildman–Crippen MR) is 28.6 cm³/mol. The van der Waals surface area contributed by atoms with Crippen molar-refractivity contribution in [1.29, 1.82) is 0 Å². The van der Waals surface area contributed by atoms with Crippen LogP contribution in [0, 0.1) is 0 Å². The van der Waals surface area contributed by atoms with E-state index in [1.165, 1.54) is 0 Å². The quantitative estimate of drug-likeness (QED) is 0.655. The maximum Gasteiger partial charge on any atom is 0.281 e. The van der Waals surface area contributed by atoms with Crippen molar-refractivity contribution in [3.8, 4) is 0 Å². The van der Waals surface area contributed by atoms with Crippen molar-refractivity contribution in [3.05, 3.63) is 17.2 Å². The molecule has 0 radical (unpaired) electrons. The van der Waals surface area contributed by atoms with Gasteiger partial charge in [-0.2, -0.15) is 0 Å². The van der Waals surface area contributed by atoms with Crippen LogP contribution in [-0.4, -0.2) is 9.97 Å². The third-order valence-corrected chi connectivity index (χ3v) is 1.14. The lowest BCUT2D eigenvalue weighted by Crippen LogP contribution is -1.82. The van der Waals surface area contributed by atoms with Crippen molar-refractivity contribution in [2.75, 3.05) is 0 Å². The molecule has 1 aromatic rings. The second kappa shape index (κ2) is 2.31. The van der Waals surface area contributed by atoms with Crippen molar-refractivity contribution >= 4 is 11.6 Å². The molecule has 0 atom stereocenters. The van der Waals surface area contributed by atoms with Crippen LogP contribution in [0.1, 0.15) is 12.1 Å². The first-order valence-corrected chi connectivity index (χ1v) is 2.56. The third-order valence-electron chi connectivity index (χ3n) is 0.838. The van der Waals surface area contributed by atoms with Gasteiger partial charge in [-0.3, -0.25) is 0 Å². The smallest absolute Gasteiger partial charge is 0.281 e. The highest BCUT2D eigenvalue weighted by Gasteiger charge is 2.12. The number of halogens is 3. The number of hydrogen-bond acceptors (Lipinski definition) is 1. The highest BCUT2D eigenvalue weighted by molar-refractivity contribution is 6.30. The Balaban J connectivity index is 2.94. The summed E-state index contributed by atoms with van der Waals surface area (Å²) in [6.07, 6.45) is -1.44. The van der Waals surface area contributed by atoms with Crippen molar-refractivity contribution in [1.82, 2.24) is 9.97 Å². The summed E-state index contributed by atoms with van der Waals surface area (Å²) in [6.45, 7) is 0. The average molecular weight is 153 g/mol. The van der Waals surface area contributed by atoms with Gasteiger partial charge in [0.2, 0.25) is 0 Å². The summed E-state index contributed by atoms with van der Waals surface area (Å²) in [5, 5.41) is -0.162. The van der Waals surface area contributed by atoms with Crippen LogP contribution in [0.4, 0.5) is 8.78 Å². The number of aromatic amines is 1. The van der Waals surface area contributed by atoms with Crippen molar-refractivity contribution < 1.29 is 8.78 Å². The number of rotatable bonds is 1. The van der Waals surface area contributed by atoms with Crippen molar-refractivity contribution in [3.63, 3.8) is 0 Å². The minimum atomic E-state index is -2.57. The van der Waals surface area contributed by atoms with Crippen LogP contribution in [0.3, 0.4) is 0 Å². The highest BCUT2D eigenvalue weighted by Crippen LogP contribution is 2.22. The molecule has 0 bridgehead atoms. The van der Waals surface area contributed by atoms with Crippen LogP contribution in [0.25, 0.3) is 0 Å². The Morgan fingerprint density at radius 3 is 2.56 bits per heavy atom. The summed E-state index contributed by atoms with van der Waals surface area (Å²) in [4.78, 5) is 5.58. The Morgan fingerprint density at radius 1 is 1.67 bits per heavy atom. The fourth-order valence-electron chi connectivity index (χ4n) is 0.441. The summed E-state index contributed by atoms with van der Waals surface area (Å²) in [5.41, 5.74) is -0.323. The van der Waals surface area contributed by atoms with E-state index < -0.39 is 6.43 Å². The number of aromatic nitrogens is 2. The van der Waals surface area contributed by atoms with Crippen LogP contribution >= 0.6 is 11.6 Å². The summed E-state index contributed by atoms with van der Waals surface area (Å²) in [7, 11) is 0. The number of nitrogens with one attached hydrogen (secondary N) is 1. The van der Waals surface area contributed by atoms with Crippen LogP contribution in [-0.2, 0) is 0 Å². The van der Waals surface area contributed by atoms with Gasteiger partial charge < -0.3 is 4.98 Å². The van der Waals surface area contributed by atoms with Crippen LogP contribution in [0.2, 0.25) is 5.15 Å². The first kappa shape index (κ1) is 6.48. The molecule has 1 rings (SSSR count). The fourth-order valence-corrected chi connectivity index (χ4v) is 0.626. The number of hydrogen-bond donors (Lipinski definition) is 1. The van der Waals surface area contributed by atoms with E-state index in [-0.39, 0.29) is 10.8 Å². The van der Waals surface area contributed by atoms with E-state index in [2.05, 4.69) is 9.97 Å². The van der Waals surface area contributed by atoms with Gasteiger partial charge in [0.05, 0.1) is 6.33 Å². The van der Waals surface area contributed by atoms with Crippen LogP contribution in [0.5, 0.6) is 0 Å². The van der Waals surface area contributed by atoms with E-state index in [0.717, 1.165) is 6.33 Å². The van der Waals surface area contributed by atoms with E-state index in [9.17, 15) is 8.78 Å². The van der Waals surface area contributed by atoms with E-state index in [1.54, 1.807) is 0 Å². The van der Waals surface area contributed by atoms with Gasteiger partial charge in [0.25, 0.3) is 6.43 Å². The topological polar surface area (TPSA) is 28.7 Å². The number of H-pyrrole nitrogens is 1. The Bertz CT molecular complexity index is 198. The Morgan fingerprint density at radius 2 is 2.33 bits per heavy atom. The average Bonchev–Trinajstić information content (AvgIpc) is 2.13. The molecule has 0 fully saturated rings. The monoisotopic (exact) mass is 152 g/mol. The lowest BCUT2D eigenvalue weighted by molar-refractivity contribution is 0.147. The second-order valence-corrected chi connectivity index (χ2v) is 1.77. The molecule has 0 saturated carbocycles. The molecule has 0 saturated heterocycles. The SMILES string of the molecule is FC(F)c1[nH]cnc1Cl. The maximum absolute atomic E-state index is 11.7. The van der Waals surface area contributed by atoms with E-state index in [4.69, 9.17) is 11.6 Å². The molecule has 0 aliphatic carbocycles. The first-order chi connectivity index (χ1) is 4.22. The number of imidazole rings is 1. The fraction of sp³-hybridized carbons (Fsp3) is 0.250. The molecule has 50 valence electrons. The standard InChI is InChI=1S/C4H3ClF2N2/c5-3-2(4(6)7)8-1-9-3/h1,4H,(H,8,9). The van der Waals surface area contributed by atoms with E-state index >= 15 is 0 Å². The molecular formula is C4H3ClF2N2. The molecule has 2 nitrogen and oxygen atoms in total. The Kier molecular flexibility index (Phi) is 1.66. The second-order valence-electron chi connectivity index (χ2n) is 1.41. The highest BCUT2D eigenvalue weighted by atomic mass is 35.5. The van der Waals surface area contributed by atoms with E-state index in [1.807, 2.05) is 0 Å². The van der Waals surface area contributed by atoms with Gasteiger partial charge in [-0.25, -0.2) is 13.8 Å². The molecule has 1 aromatic heterocycles.